The van der Waals surface area contributed by atoms with E-state index in [1.165, 1.54) is 6.07 Å². The number of H-pyrrole nitrogens is 1. The molecule has 0 bridgehead atoms. The molecule has 3 nitrogen and oxygen atoms in total. The molecule has 0 aliphatic heterocycles. The number of halogens is 1. The third kappa shape index (κ3) is 2.79. The molecule has 0 fully saturated rings. The van der Waals surface area contributed by atoms with Gasteiger partial charge in [0.25, 0.3) is 0 Å². The van der Waals surface area contributed by atoms with Crippen molar-refractivity contribution < 1.29 is 9.13 Å². The van der Waals surface area contributed by atoms with Crippen LogP contribution in [0.15, 0.2) is 18.2 Å². The summed E-state index contributed by atoms with van der Waals surface area (Å²) in [4.78, 5) is 2.89. The fourth-order valence-corrected chi connectivity index (χ4v) is 2.13. The molecule has 2 rings (SSSR count). The van der Waals surface area contributed by atoms with Crippen LogP contribution < -0.4 is 0 Å². The zero-order chi connectivity index (χ0) is 13.1. The topological polar surface area (TPSA) is 29.9 Å². The van der Waals surface area contributed by atoms with E-state index in [0.29, 0.717) is 29.4 Å². The minimum absolute atomic E-state index is 0.277. The van der Waals surface area contributed by atoms with Crippen LogP contribution in [0.25, 0.3) is 11.0 Å². The highest BCUT2D eigenvalue weighted by molar-refractivity contribution is 7.71. The van der Waals surface area contributed by atoms with Gasteiger partial charge in [-0.05, 0) is 30.3 Å². The maximum Gasteiger partial charge on any atom is 0.178 e. The predicted molar refractivity (Wildman–Crippen MR) is 72.7 cm³/mol. The molecule has 0 aliphatic carbocycles. The van der Waals surface area contributed by atoms with Gasteiger partial charge in [0.15, 0.2) is 4.77 Å². The monoisotopic (exact) mass is 268 g/mol. The molecule has 5 heteroatoms. The van der Waals surface area contributed by atoms with Crippen LogP contribution >= 0.6 is 12.2 Å². The Hall–Kier alpha value is -1.20. The Morgan fingerprint density at radius 2 is 2.22 bits per heavy atom. The third-order valence-electron chi connectivity index (χ3n) is 2.67. The summed E-state index contributed by atoms with van der Waals surface area (Å²) in [6.45, 7) is 6.15. The third-order valence-corrected chi connectivity index (χ3v) is 2.99. The van der Waals surface area contributed by atoms with E-state index in [0.717, 1.165) is 12.1 Å². The van der Waals surface area contributed by atoms with Gasteiger partial charge in [-0.1, -0.05) is 19.9 Å². The Labute approximate surface area is 111 Å². The van der Waals surface area contributed by atoms with Gasteiger partial charge in [0, 0.05) is 13.2 Å². The lowest BCUT2D eigenvalue weighted by molar-refractivity contribution is 0.103. The van der Waals surface area contributed by atoms with Gasteiger partial charge in [-0.15, -0.1) is 0 Å². The number of nitrogens with one attached hydrogen (secondary N) is 1. The predicted octanol–water partition coefficient (Wildman–Crippen LogP) is 3.51. The molecule has 18 heavy (non-hydrogen) atoms. The zero-order valence-electron chi connectivity index (χ0n) is 10.6. The van der Waals surface area contributed by atoms with Crippen molar-refractivity contribution in [3.05, 3.63) is 28.8 Å². The van der Waals surface area contributed by atoms with Crippen molar-refractivity contribution >= 4 is 23.3 Å². The van der Waals surface area contributed by atoms with E-state index in [2.05, 4.69) is 18.8 Å². The van der Waals surface area contributed by atoms with E-state index in [-0.39, 0.29) is 5.82 Å². The summed E-state index contributed by atoms with van der Waals surface area (Å²) >= 11 is 5.20. The van der Waals surface area contributed by atoms with Gasteiger partial charge in [0.2, 0.25) is 0 Å². The number of rotatable bonds is 5. The summed E-state index contributed by atoms with van der Waals surface area (Å²) in [5.41, 5.74) is 1.25. The molecule has 1 N–H and O–H groups in total. The van der Waals surface area contributed by atoms with E-state index in [4.69, 9.17) is 17.0 Å². The first-order valence-electron chi connectivity index (χ1n) is 6.04. The molecule has 0 spiro atoms. The lowest BCUT2D eigenvalue weighted by atomic mass is 10.2. The fraction of sp³-hybridized carbons (Fsp3) is 0.462. The first kappa shape index (κ1) is 13.2. The Bertz CT molecular complexity index is 588. The number of benzene rings is 1. The summed E-state index contributed by atoms with van der Waals surface area (Å²) in [7, 11) is 0. The quantitative estimate of drug-likeness (QED) is 0.664. The van der Waals surface area contributed by atoms with Gasteiger partial charge in [-0.2, -0.15) is 0 Å². The van der Waals surface area contributed by atoms with Crippen molar-refractivity contribution in [3.63, 3.8) is 0 Å². The molecular formula is C13H17FN2OS. The second-order valence-corrected chi connectivity index (χ2v) is 5.07. The smallest absolute Gasteiger partial charge is 0.178 e. The van der Waals surface area contributed by atoms with Crippen LogP contribution in [-0.4, -0.2) is 22.8 Å². The van der Waals surface area contributed by atoms with Crippen LogP contribution in [-0.2, 0) is 11.3 Å². The number of hydrogen-bond donors (Lipinski definition) is 1. The highest BCUT2D eigenvalue weighted by Crippen LogP contribution is 2.17. The standard InChI is InChI=1S/C13H17FN2OS/c1-9(2)8-17-7-6-16-11-5-3-4-10(14)12(11)15-13(16)18/h3-5,9H,6-8H2,1-2H3,(H,15,18). The van der Waals surface area contributed by atoms with Crippen molar-refractivity contribution in [1.29, 1.82) is 0 Å². The molecule has 0 aliphatic rings. The van der Waals surface area contributed by atoms with Crippen LogP contribution in [0.5, 0.6) is 0 Å². The Balaban J connectivity index is 2.16. The highest BCUT2D eigenvalue weighted by atomic mass is 32.1. The average Bonchev–Trinajstić information content (AvgIpc) is 2.63. The van der Waals surface area contributed by atoms with Crippen LogP contribution in [0.3, 0.4) is 0 Å². The van der Waals surface area contributed by atoms with Crippen molar-refractivity contribution in [2.24, 2.45) is 5.92 Å². The Morgan fingerprint density at radius 1 is 1.44 bits per heavy atom. The van der Waals surface area contributed by atoms with E-state index >= 15 is 0 Å². The van der Waals surface area contributed by atoms with Gasteiger partial charge in [-0.3, -0.25) is 0 Å². The SMILES string of the molecule is CC(C)COCCn1c(=S)[nH]c2c(F)cccc21. The maximum atomic E-state index is 13.6. The highest BCUT2D eigenvalue weighted by Gasteiger charge is 2.07. The first-order chi connectivity index (χ1) is 8.59. The number of nitrogens with zero attached hydrogens (tertiary/aromatic N) is 1. The minimum Gasteiger partial charge on any atom is -0.379 e. The first-order valence-corrected chi connectivity index (χ1v) is 6.45. The maximum absolute atomic E-state index is 13.6. The average molecular weight is 268 g/mol. The molecule has 0 unspecified atom stereocenters. The summed E-state index contributed by atoms with van der Waals surface area (Å²) in [6.07, 6.45) is 0. The fourth-order valence-electron chi connectivity index (χ4n) is 1.84. The number of para-hydroxylation sites is 1. The number of ether oxygens (including phenoxy) is 1. The lowest BCUT2D eigenvalue weighted by Crippen LogP contribution is -2.09. The van der Waals surface area contributed by atoms with Gasteiger partial charge in [-0.25, -0.2) is 4.39 Å². The van der Waals surface area contributed by atoms with Crippen LogP contribution in [0.2, 0.25) is 0 Å². The van der Waals surface area contributed by atoms with Gasteiger partial charge < -0.3 is 14.3 Å². The molecule has 1 aromatic heterocycles. The summed E-state index contributed by atoms with van der Waals surface area (Å²) in [5.74, 6) is 0.235. The molecule has 0 amide bonds. The summed E-state index contributed by atoms with van der Waals surface area (Å²) in [5, 5.41) is 0. The second kappa shape index (κ2) is 5.63. The summed E-state index contributed by atoms with van der Waals surface area (Å²) < 4.78 is 21.5. The van der Waals surface area contributed by atoms with Crippen molar-refractivity contribution in [1.82, 2.24) is 9.55 Å². The van der Waals surface area contributed by atoms with Gasteiger partial charge >= 0.3 is 0 Å². The summed E-state index contributed by atoms with van der Waals surface area (Å²) in [6, 6.07) is 4.96. The lowest BCUT2D eigenvalue weighted by Gasteiger charge is -2.08. The molecule has 0 atom stereocenters. The van der Waals surface area contributed by atoms with Crippen molar-refractivity contribution in [2.45, 2.75) is 20.4 Å². The molecule has 0 saturated carbocycles. The normalized spacial score (nSPS) is 11.6. The van der Waals surface area contributed by atoms with E-state index in [1.807, 2.05) is 10.6 Å². The Morgan fingerprint density at radius 3 is 2.94 bits per heavy atom. The molecular weight excluding hydrogens is 251 g/mol. The van der Waals surface area contributed by atoms with Gasteiger partial charge in [0.05, 0.1) is 12.1 Å². The molecule has 2 aromatic rings. The molecule has 1 heterocycles. The van der Waals surface area contributed by atoms with Crippen molar-refractivity contribution in [2.75, 3.05) is 13.2 Å². The number of hydrogen-bond acceptors (Lipinski definition) is 2. The number of aromatic nitrogens is 2. The van der Waals surface area contributed by atoms with Crippen LogP contribution in [0.4, 0.5) is 4.39 Å². The molecule has 0 saturated heterocycles. The van der Waals surface area contributed by atoms with E-state index in [1.54, 1.807) is 6.07 Å². The van der Waals surface area contributed by atoms with E-state index < -0.39 is 0 Å². The minimum atomic E-state index is -0.277. The van der Waals surface area contributed by atoms with Crippen LogP contribution in [0, 0.1) is 16.5 Å². The second-order valence-electron chi connectivity index (χ2n) is 4.68. The number of fused-ring (bicyclic) bond motifs is 1. The number of aromatic amines is 1. The van der Waals surface area contributed by atoms with Crippen molar-refractivity contribution in [3.8, 4) is 0 Å². The molecule has 1 aromatic carbocycles. The van der Waals surface area contributed by atoms with Crippen LogP contribution in [0.1, 0.15) is 13.8 Å². The Kier molecular flexibility index (Phi) is 4.14. The largest absolute Gasteiger partial charge is 0.379 e. The van der Waals surface area contributed by atoms with E-state index in [9.17, 15) is 4.39 Å². The molecule has 0 radical (unpaired) electrons. The van der Waals surface area contributed by atoms with Gasteiger partial charge in [0.1, 0.15) is 11.3 Å². The molecule has 98 valence electrons. The zero-order valence-corrected chi connectivity index (χ0v) is 11.4. The number of imidazole rings is 1.